The molecule has 1 unspecified atom stereocenters. The first-order chi connectivity index (χ1) is 4.39. The van der Waals surface area contributed by atoms with Crippen molar-refractivity contribution in [2.24, 2.45) is 5.92 Å². The molecule has 1 N–H and O–H groups in total. The molecule has 0 saturated carbocycles. The fourth-order valence-corrected chi connectivity index (χ4v) is 1.03. The number of hydrogen-bond donors (Lipinski definition) is 1. The third-order valence-electron chi connectivity index (χ3n) is 1.54. The van der Waals surface area contributed by atoms with E-state index in [1.807, 2.05) is 13.8 Å². The van der Waals surface area contributed by atoms with Gasteiger partial charge >= 0.3 is 0 Å². The van der Waals surface area contributed by atoms with Crippen LogP contribution in [0.4, 0.5) is 0 Å². The largest absolute Gasteiger partial charge is 0.316 e. The number of rotatable bonds is 0. The van der Waals surface area contributed by atoms with Crippen molar-refractivity contribution in [1.29, 1.82) is 0 Å². The lowest BCUT2D eigenvalue weighted by molar-refractivity contribution is 0.405. The van der Waals surface area contributed by atoms with Gasteiger partial charge in [0.1, 0.15) is 0 Å². The zero-order valence-corrected chi connectivity index (χ0v) is 6.91. The van der Waals surface area contributed by atoms with Crippen molar-refractivity contribution in [2.45, 2.75) is 33.6 Å². The van der Waals surface area contributed by atoms with Crippen molar-refractivity contribution in [3.05, 3.63) is 0 Å². The third-order valence-corrected chi connectivity index (χ3v) is 1.54. The van der Waals surface area contributed by atoms with Crippen LogP contribution in [0.2, 0.25) is 0 Å². The number of hydrogen-bond acceptors (Lipinski definition) is 1. The average Bonchev–Trinajstić information content (AvgIpc) is 1.94. The lowest BCUT2D eigenvalue weighted by Crippen LogP contribution is -2.27. The van der Waals surface area contributed by atoms with E-state index in [0.29, 0.717) is 0 Å². The highest BCUT2D eigenvalue weighted by atomic mass is 14.9. The van der Waals surface area contributed by atoms with Crippen molar-refractivity contribution < 1.29 is 1.43 Å². The Morgan fingerprint density at radius 3 is 2.33 bits per heavy atom. The fraction of sp³-hybridized carbons (Fsp3) is 1.00. The molecule has 1 saturated heterocycles. The normalized spacial score (nSPS) is 26.3. The second-order valence-electron chi connectivity index (χ2n) is 2.45. The molecule has 1 fully saturated rings. The highest BCUT2D eigenvalue weighted by Crippen LogP contribution is 2.06. The van der Waals surface area contributed by atoms with E-state index in [2.05, 4.69) is 12.2 Å². The Morgan fingerprint density at radius 1 is 1.44 bits per heavy atom. The molecule has 0 bridgehead atoms. The molecule has 1 aliphatic heterocycles. The summed E-state index contributed by atoms with van der Waals surface area (Å²) in [5.41, 5.74) is 0. The smallest absolute Gasteiger partial charge is 0 e. The van der Waals surface area contributed by atoms with Gasteiger partial charge in [-0.25, -0.2) is 0 Å². The topological polar surface area (TPSA) is 12.0 Å². The first kappa shape index (κ1) is 8.96. The third kappa shape index (κ3) is 4.46. The van der Waals surface area contributed by atoms with Crippen molar-refractivity contribution in [3.8, 4) is 0 Å². The van der Waals surface area contributed by atoms with Crippen molar-refractivity contribution >= 4 is 0 Å². The zero-order chi connectivity index (χ0) is 7.11. The molecule has 1 aliphatic rings. The minimum atomic E-state index is 0. The van der Waals surface area contributed by atoms with Crippen LogP contribution in [0.3, 0.4) is 0 Å². The van der Waals surface area contributed by atoms with E-state index < -0.39 is 0 Å². The second-order valence-corrected chi connectivity index (χ2v) is 2.45. The summed E-state index contributed by atoms with van der Waals surface area (Å²) in [5.74, 6) is 0.925. The minimum Gasteiger partial charge on any atom is -0.316 e. The van der Waals surface area contributed by atoms with E-state index in [9.17, 15) is 0 Å². The van der Waals surface area contributed by atoms with Gasteiger partial charge in [-0.15, -0.1) is 0 Å². The zero-order valence-electron chi connectivity index (χ0n) is 6.91. The molecule has 0 radical (unpaired) electrons. The summed E-state index contributed by atoms with van der Waals surface area (Å²) in [5, 5.41) is 3.33. The maximum Gasteiger partial charge on any atom is 0 e. The predicted octanol–water partition coefficient (Wildman–Crippen LogP) is 2.28. The van der Waals surface area contributed by atoms with Crippen LogP contribution in [-0.2, 0) is 0 Å². The average molecular weight is 131 g/mol. The molecule has 1 rings (SSSR count). The fourth-order valence-electron chi connectivity index (χ4n) is 1.03. The first-order valence-electron chi connectivity index (χ1n) is 4.10. The quantitative estimate of drug-likeness (QED) is 0.532. The molecule has 0 spiro atoms. The van der Waals surface area contributed by atoms with Gasteiger partial charge < -0.3 is 5.32 Å². The van der Waals surface area contributed by atoms with Crippen LogP contribution < -0.4 is 5.32 Å². The Kier molecular flexibility index (Phi) is 6.06. The molecular weight excluding hydrogens is 110 g/mol. The minimum absolute atomic E-state index is 0. The van der Waals surface area contributed by atoms with Gasteiger partial charge in [0, 0.05) is 1.43 Å². The maximum absolute atomic E-state index is 3.33. The van der Waals surface area contributed by atoms with Crippen molar-refractivity contribution in [3.63, 3.8) is 0 Å². The van der Waals surface area contributed by atoms with Crippen LogP contribution in [0.25, 0.3) is 0 Å². The van der Waals surface area contributed by atoms with Gasteiger partial charge in [-0.1, -0.05) is 20.8 Å². The summed E-state index contributed by atoms with van der Waals surface area (Å²) in [7, 11) is 0. The molecule has 1 heteroatoms. The maximum atomic E-state index is 3.33. The Balaban J connectivity index is 0. The summed E-state index contributed by atoms with van der Waals surface area (Å²) >= 11 is 0. The van der Waals surface area contributed by atoms with Gasteiger partial charge in [-0.3, -0.25) is 0 Å². The van der Waals surface area contributed by atoms with Crippen molar-refractivity contribution in [2.75, 3.05) is 13.1 Å². The van der Waals surface area contributed by atoms with E-state index in [4.69, 9.17) is 0 Å². The molecule has 0 aromatic carbocycles. The Bertz CT molecular complexity index is 51.2. The standard InChI is InChI=1S/C6H13N.C2H6.H2/c1-6-3-2-4-7-5-6;1-2;/h6-7H,2-5H2,1H3;1-2H3;1H. The van der Waals surface area contributed by atoms with Crippen LogP contribution >= 0.6 is 0 Å². The van der Waals surface area contributed by atoms with E-state index in [1.54, 1.807) is 0 Å². The molecule has 9 heavy (non-hydrogen) atoms. The molecule has 1 nitrogen and oxygen atoms in total. The Labute approximate surface area is 60.3 Å². The lowest BCUT2D eigenvalue weighted by atomic mass is 10.0. The van der Waals surface area contributed by atoms with Crippen LogP contribution in [0.5, 0.6) is 0 Å². The number of piperidine rings is 1. The van der Waals surface area contributed by atoms with E-state index in [0.717, 1.165) is 5.92 Å². The van der Waals surface area contributed by atoms with Crippen LogP contribution in [0, 0.1) is 5.92 Å². The lowest BCUT2D eigenvalue weighted by Gasteiger charge is -2.17. The Morgan fingerprint density at radius 2 is 2.11 bits per heavy atom. The first-order valence-corrected chi connectivity index (χ1v) is 4.10. The summed E-state index contributed by atoms with van der Waals surface area (Å²) in [6.07, 6.45) is 2.80. The van der Waals surface area contributed by atoms with Gasteiger partial charge in [-0.2, -0.15) is 0 Å². The van der Waals surface area contributed by atoms with Crippen LogP contribution in [0.1, 0.15) is 35.0 Å². The van der Waals surface area contributed by atoms with Gasteiger partial charge in [0.2, 0.25) is 0 Å². The van der Waals surface area contributed by atoms with Crippen LogP contribution in [0.15, 0.2) is 0 Å². The molecule has 1 heterocycles. The van der Waals surface area contributed by atoms with Crippen LogP contribution in [-0.4, -0.2) is 13.1 Å². The van der Waals surface area contributed by atoms with E-state index >= 15 is 0 Å². The molecule has 0 aliphatic carbocycles. The number of nitrogens with one attached hydrogen (secondary N) is 1. The molecule has 58 valence electrons. The highest BCUT2D eigenvalue weighted by molar-refractivity contribution is 4.63. The van der Waals surface area contributed by atoms with E-state index in [-0.39, 0.29) is 1.43 Å². The summed E-state index contributed by atoms with van der Waals surface area (Å²) in [6, 6.07) is 0. The highest BCUT2D eigenvalue weighted by Gasteiger charge is 2.04. The molecule has 1 atom stereocenters. The molecule has 0 amide bonds. The van der Waals surface area contributed by atoms with Gasteiger partial charge in [-0.05, 0) is 31.8 Å². The van der Waals surface area contributed by atoms with Gasteiger partial charge in [0.25, 0.3) is 0 Å². The molecule has 0 aromatic heterocycles. The molecular formula is C8H21N. The SMILES string of the molecule is CC.CC1CCCNC1.[HH]. The monoisotopic (exact) mass is 131 g/mol. The Hall–Kier alpha value is -0.0400. The molecule has 0 aromatic rings. The summed E-state index contributed by atoms with van der Waals surface area (Å²) in [4.78, 5) is 0. The summed E-state index contributed by atoms with van der Waals surface area (Å²) in [6.45, 7) is 8.77. The van der Waals surface area contributed by atoms with Gasteiger partial charge in [0.05, 0.1) is 0 Å². The van der Waals surface area contributed by atoms with Gasteiger partial charge in [0.15, 0.2) is 0 Å². The predicted molar refractivity (Wildman–Crippen MR) is 44.7 cm³/mol. The summed E-state index contributed by atoms with van der Waals surface area (Å²) < 4.78 is 0. The van der Waals surface area contributed by atoms with Crippen molar-refractivity contribution in [1.82, 2.24) is 5.32 Å². The second kappa shape index (κ2) is 6.09. The van der Waals surface area contributed by atoms with E-state index in [1.165, 1.54) is 25.9 Å².